The van der Waals surface area contributed by atoms with Crippen molar-refractivity contribution >= 4 is 44.2 Å². The van der Waals surface area contributed by atoms with Crippen molar-refractivity contribution in [3.05, 3.63) is 133 Å². The monoisotopic (exact) mass is 574 g/mol. The van der Waals surface area contributed by atoms with Gasteiger partial charge in [0.2, 0.25) is 0 Å². The zero-order valence-corrected chi connectivity index (χ0v) is 23.9. The van der Waals surface area contributed by atoms with Gasteiger partial charge in [0.05, 0.1) is 32.2 Å². The minimum absolute atomic E-state index is 0.935. The number of thiazole rings is 2. The number of aromatic nitrogens is 4. The van der Waals surface area contributed by atoms with Crippen LogP contribution >= 0.6 is 22.7 Å². The Morgan fingerprint density at radius 2 is 0.976 bits per heavy atom. The molecule has 4 aromatic heterocycles. The van der Waals surface area contributed by atoms with Gasteiger partial charge in [-0.05, 0) is 74.1 Å². The van der Waals surface area contributed by atoms with E-state index in [1.807, 2.05) is 35.8 Å². The molecule has 4 nitrogen and oxygen atoms in total. The molecule has 8 rings (SSSR count). The first-order chi connectivity index (χ1) is 20.8. The summed E-state index contributed by atoms with van der Waals surface area (Å²) in [6, 6.07) is 34.4. The van der Waals surface area contributed by atoms with E-state index in [2.05, 4.69) is 107 Å². The van der Waals surface area contributed by atoms with Gasteiger partial charge < -0.3 is 0 Å². The van der Waals surface area contributed by atoms with Crippen molar-refractivity contribution in [2.24, 2.45) is 0 Å². The fraction of sp³-hybridized carbons (Fsp3) is 0. The Hall–Kier alpha value is -5.04. The van der Waals surface area contributed by atoms with E-state index in [0.29, 0.717) is 0 Å². The normalized spacial score (nSPS) is 11.3. The summed E-state index contributed by atoms with van der Waals surface area (Å²) in [7, 11) is 0. The first kappa shape index (κ1) is 24.7. The average molecular weight is 575 g/mol. The molecule has 198 valence electrons. The number of hydrogen-bond donors (Lipinski definition) is 0. The van der Waals surface area contributed by atoms with Crippen LogP contribution in [0.25, 0.3) is 76.1 Å². The Labute approximate surface area is 250 Å². The molecule has 0 aliphatic rings. The molecule has 4 aromatic carbocycles. The van der Waals surface area contributed by atoms with Crippen LogP contribution < -0.4 is 0 Å². The van der Waals surface area contributed by atoms with Crippen LogP contribution in [0.5, 0.6) is 0 Å². The smallest absolute Gasteiger partial charge is 0.0797 e. The maximum absolute atomic E-state index is 4.94. The van der Waals surface area contributed by atoms with Gasteiger partial charge in [0, 0.05) is 35.9 Å². The molecular weight excluding hydrogens is 553 g/mol. The van der Waals surface area contributed by atoms with Crippen LogP contribution in [-0.4, -0.2) is 19.9 Å². The van der Waals surface area contributed by atoms with Crippen LogP contribution in [0, 0.1) is 0 Å². The summed E-state index contributed by atoms with van der Waals surface area (Å²) in [5.41, 5.74) is 12.4. The summed E-state index contributed by atoms with van der Waals surface area (Å²) in [4.78, 5) is 20.7. The molecular formula is C36H22N4S2. The van der Waals surface area contributed by atoms with Crippen molar-refractivity contribution in [1.29, 1.82) is 0 Å². The molecule has 42 heavy (non-hydrogen) atoms. The molecule has 0 bridgehead atoms. The molecule has 6 heteroatoms. The van der Waals surface area contributed by atoms with Crippen LogP contribution in [0.3, 0.4) is 0 Å². The summed E-state index contributed by atoms with van der Waals surface area (Å²) in [5.74, 6) is 0. The van der Waals surface area contributed by atoms with Crippen molar-refractivity contribution in [1.82, 2.24) is 19.9 Å². The molecule has 0 saturated heterocycles. The maximum atomic E-state index is 4.94. The number of nitrogens with zero attached hydrogens (tertiary/aromatic N) is 4. The molecule has 0 spiro atoms. The van der Waals surface area contributed by atoms with Gasteiger partial charge in [-0.1, -0.05) is 66.7 Å². The lowest BCUT2D eigenvalue weighted by Gasteiger charge is -2.18. The highest BCUT2D eigenvalue weighted by Crippen LogP contribution is 2.45. The molecule has 0 atom stereocenters. The molecule has 0 aliphatic carbocycles. The van der Waals surface area contributed by atoms with Gasteiger partial charge in [-0.15, -0.1) is 22.7 Å². The fourth-order valence-corrected chi connectivity index (χ4v) is 6.94. The second-order valence-electron chi connectivity index (χ2n) is 10.0. The lowest BCUT2D eigenvalue weighted by Crippen LogP contribution is -1.94. The predicted molar refractivity (Wildman–Crippen MR) is 176 cm³/mol. The van der Waals surface area contributed by atoms with Gasteiger partial charge in [0.15, 0.2) is 0 Å². The van der Waals surface area contributed by atoms with Gasteiger partial charge in [0.25, 0.3) is 0 Å². The van der Waals surface area contributed by atoms with Crippen LogP contribution in [0.4, 0.5) is 0 Å². The Morgan fingerprint density at radius 3 is 1.55 bits per heavy atom. The van der Waals surface area contributed by atoms with E-state index in [1.54, 1.807) is 22.7 Å². The zero-order valence-electron chi connectivity index (χ0n) is 22.3. The van der Waals surface area contributed by atoms with E-state index >= 15 is 0 Å². The summed E-state index contributed by atoms with van der Waals surface area (Å²) >= 11 is 3.27. The van der Waals surface area contributed by atoms with Gasteiger partial charge >= 0.3 is 0 Å². The van der Waals surface area contributed by atoms with E-state index in [9.17, 15) is 0 Å². The zero-order chi connectivity index (χ0) is 27.9. The number of benzene rings is 4. The first-order valence-electron chi connectivity index (χ1n) is 13.6. The van der Waals surface area contributed by atoms with Crippen molar-refractivity contribution < 1.29 is 0 Å². The highest BCUT2D eigenvalue weighted by molar-refractivity contribution is 7.13. The molecule has 4 heterocycles. The van der Waals surface area contributed by atoms with Gasteiger partial charge in [-0.3, -0.25) is 19.9 Å². The standard InChI is InChI=1S/C36H22N4S2/c1-2-6-23(7-3-1)24-10-11-29-30(16-24)36(32-18-26(13-15-40-32)34-20-38-22-42-34)28-9-5-4-8-27(28)35(29)31-17-25(12-14-39-31)33-19-37-21-41-33/h1-22H. The van der Waals surface area contributed by atoms with Crippen molar-refractivity contribution in [3.63, 3.8) is 0 Å². The van der Waals surface area contributed by atoms with Crippen molar-refractivity contribution in [3.8, 4) is 54.5 Å². The molecule has 0 unspecified atom stereocenters. The second-order valence-corrected chi connectivity index (χ2v) is 11.8. The van der Waals surface area contributed by atoms with E-state index in [1.165, 1.54) is 5.56 Å². The van der Waals surface area contributed by atoms with Crippen molar-refractivity contribution in [2.75, 3.05) is 0 Å². The number of pyridine rings is 2. The van der Waals surface area contributed by atoms with E-state index in [4.69, 9.17) is 9.97 Å². The van der Waals surface area contributed by atoms with E-state index in [0.717, 1.165) is 70.5 Å². The average Bonchev–Trinajstić information content (AvgIpc) is 3.80. The topological polar surface area (TPSA) is 51.6 Å². The molecule has 8 aromatic rings. The first-order valence-corrected chi connectivity index (χ1v) is 15.3. The molecule has 0 N–H and O–H groups in total. The number of hydrogen-bond acceptors (Lipinski definition) is 6. The summed E-state index contributed by atoms with van der Waals surface area (Å²) in [5, 5.41) is 4.57. The summed E-state index contributed by atoms with van der Waals surface area (Å²) in [6.45, 7) is 0. The minimum atomic E-state index is 0.935. The Balaban J connectivity index is 1.47. The van der Waals surface area contributed by atoms with Gasteiger partial charge in [-0.2, -0.15) is 0 Å². The summed E-state index contributed by atoms with van der Waals surface area (Å²) < 4.78 is 0. The van der Waals surface area contributed by atoms with Gasteiger partial charge in [0.1, 0.15) is 0 Å². The third-order valence-electron chi connectivity index (χ3n) is 7.60. The molecule has 0 fully saturated rings. The lowest BCUT2D eigenvalue weighted by molar-refractivity contribution is 1.33. The Morgan fingerprint density at radius 1 is 0.429 bits per heavy atom. The maximum Gasteiger partial charge on any atom is 0.0797 e. The molecule has 0 radical (unpaired) electrons. The molecule has 0 amide bonds. The third kappa shape index (κ3) is 4.29. The number of fused-ring (bicyclic) bond motifs is 2. The Kier molecular flexibility index (Phi) is 6.13. The predicted octanol–water partition coefficient (Wildman–Crippen LogP) is 10.0. The fourth-order valence-electron chi connectivity index (χ4n) is 5.70. The molecule has 0 aliphatic heterocycles. The van der Waals surface area contributed by atoms with Crippen LogP contribution in [0.1, 0.15) is 0 Å². The van der Waals surface area contributed by atoms with Crippen molar-refractivity contribution in [2.45, 2.75) is 0 Å². The van der Waals surface area contributed by atoms with Gasteiger partial charge in [-0.25, -0.2) is 0 Å². The van der Waals surface area contributed by atoms with E-state index in [-0.39, 0.29) is 0 Å². The second kappa shape index (κ2) is 10.4. The largest absolute Gasteiger partial charge is 0.256 e. The third-order valence-corrected chi connectivity index (χ3v) is 9.24. The summed E-state index contributed by atoms with van der Waals surface area (Å²) in [6.07, 6.45) is 7.63. The SMILES string of the molecule is c1ccc(-c2ccc3c(-c4cc(-c5cncs5)ccn4)c4ccccc4c(-c4cc(-c5cncs5)ccn4)c3c2)cc1. The van der Waals surface area contributed by atoms with Crippen LogP contribution in [0.2, 0.25) is 0 Å². The highest BCUT2D eigenvalue weighted by atomic mass is 32.1. The Bertz CT molecular complexity index is 2190. The van der Waals surface area contributed by atoms with Crippen LogP contribution in [-0.2, 0) is 0 Å². The quantitative estimate of drug-likeness (QED) is 0.192. The number of rotatable bonds is 5. The minimum Gasteiger partial charge on any atom is -0.256 e. The lowest BCUT2D eigenvalue weighted by atomic mass is 9.86. The highest BCUT2D eigenvalue weighted by Gasteiger charge is 2.20. The van der Waals surface area contributed by atoms with E-state index < -0.39 is 0 Å². The molecule has 0 saturated carbocycles. The van der Waals surface area contributed by atoms with Crippen LogP contribution in [0.15, 0.2) is 133 Å².